The summed E-state index contributed by atoms with van der Waals surface area (Å²) in [6.07, 6.45) is 4.08. The number of carbonyl (C=O) groups excluding carboxylic acids is 1. The van der Waals surface area contributed by atoms with E-state index in [0.717, 1.165) is 31.5 Å². The van der Waals surface area contributed by atoms with Crippen LogP contribution in [0.5, 0.6) is 0 Å². The quantitative estimate of drug-likeness (QED) is 0.621. The normalized spacial score (nSPS) is 24.2. The largest absolute Gasteiger partial charge is 0.348 e. The van der Waals surface area contributed by atoms with Crippen LogP contribution in [0.1, 0.15) is 26.7 Å². The summed E-state index contributed by atoms with van der Waals surface area (Å²) in [7, 11) is 0. The van der Waals surface area contributed by atoms with Crippen molar-refractivity contribution in [2.24, 2.45) is 0 Å². The number of piperidine rings is 1. The second-order valence-electron chi connectivity index (χ2n) is 3.49. The molecule has 0 aromatic rings. The van der Waals surface area contributed by atoms with E-state index in [1.807, 2.05) is 19.9 Å². The smallest absolute Gasteiger partial charge is 0.246 e. The summed E-state index contributed by atoms with van der Waals surface area (Å²) in [6, 6.07) is 0.316. The Morgan fingerprint density at radius 1 is 1.62 bits per heavy atom. The Hall–Kier alpha value is -0.830. The molecule has 0 spiro atoms. The van der Waals surface area contributed by atoms with Gasteiger partial charge in [0.15, 0.2) is 0 Å². The lowest BCUT2D eigenvalue weighted by Crippen LogP contribution is -2.45. The third kappa shape index (κ3) is 3.19. The third-order valence-corrected chi connectivity index (χ3v) is 2.42. The van der Waals surface area contributed by atoms with Gasteiger partial charge < -0.3 is 10.6 Å². The Morgan fingerprint density at radius 2 is 2.38 bits per heavy atom. The molecule has 13 heavy (non-hydrogen) atoms. The van der Waals surface area contributed by atoms with E-state index in [1.165, 1.54) is 0 Å². The van der Waals surface area contributed by atoms with Gasteiger partial charge in [-0.05, 0) is 33.2 Å². The zero-order valence-electron chi connectivity index (χ0n) is 8.39. The van der Waals surface area contributed by atoms with E-state index < -0.39 is 0 Å². The van der Waals surface area contributed by atoms with Gasteiger partial charge in [-0.15, -0.1) is 0 Å². The highest BCUT2D eigenvalue weighted by Crippen LogP contribution is 2.02. The summed E-state index contributed by atoms with van der Waals surface area (Å²) in [6.45, 7) is 5.71. The highest BCUT2D eigenvalue weighted by atomic mass is 16.1. The maximum atomic E-state index is 11.4. The monoisotopic (exact) mass is 182 g/mol. The van der Waals surface area contributed by atoms with E-state index in [2.05, 4.69) is 10.6 Å². The minimum absolute atomic E-state index is 0.0659. The van der Waals surface area contributed by atoms with E-state index in [0.29, 0.717) is 6.04 Å². The average molecular weight is 182 g/mol. The Balaban J connectivity index is 2.34. The van der Waals surface area contributed by atoms with Crippen LogP contribution in [0.4, 0.5) is 0 Å². The molecule has 74 valence electrons. The third-order valence-electron chi connectivity index (χ3n) is 2.42. The predicted molar refractivity (Wildman–Crippen MR) is 53.5 cm³/mol. The van der Waals surface area contributed by atoms with E-state index in [4.69, 9.17) is 0 Å². The summed E-state index contributed by atoms with van der Waals surface area (Å²) < 4.78 is 0. The van der Waals surface area contributed by atoms with Gasteiger partial charge >= 0.3 is 0 Å². The summed E-state index contributed by atoms with van der Waals surface area (Å²) in [4.78, 5) is 11.4. The molecule has 0 radical (unpaired) electrons. The highest BCUT2D eigenvalue weighted by molar-refractivity contribution is 5.92. The highest BCUT2D eigenvalue weighted by Gasteiger charge is 2.15. The molecule has 0 aromatic heterocycles. The number of amides is 1. The lowest BCUT2D eigenvalue weighted by atomic mass is 10.1. The van der Waals surface area contributed by atoms with Crippen molar-refractivity contribution in [2.75, 3.05) is 13.1 Å². The molecule has 1 rings (SSSR count). The minimum atomic E-state index is 0.0659. The zero-order valence-corrected chi connectivity index (χ0v) is 8.39. The molecule has 1 amide bonds. The van der Waals surface area contributed by atoms with Gasteiger partial charge in [-0.1, -0.05) is 6.08 Å². The van der Waals surface area contributed by atoms with E-state index in [-0.39, 0.29) is 5.91 Å². The number of hydrogen-bond donors (Lipinski definition) is 2. The van der Waals surface area contributed by atoms with Gasteiger partial charge in [-0.25, -0.2) is 0 Å². The fraction of sp³-hybridized carbons (Fsp3) is 0.700. The molecule has 0 aromatic carbocycles. The second-order valence-corrected chi connectivity index (χ2v) is 3.49. The van der Waals surface area contributed by atoms with Gasteiger partial charge in [0.05, 0.1) is 0 Å². The first-order valence-electron chi connectivity index (χ1n) is 4.88. The second kappa shape index (κ2) is 5.02. The van der Waals surface area contributed by atoms with Crippen LogP contribution in [0, 0.1) is 0 Å². The number of allylic oxidation sites excluding steroid dienone is 1. The first-order valence-corrected chi connectivity index (χ1v) is 4.88. The SMILES string of the molecule is C/C=C(/C)C(=O)N[C@H]1CCCNC1. The van der Waals surface area contributed by atoms with Crippen molar-refractivity contribution in [3.05, 3.63) is 11.6 Å². The van der Waals surface area contributed by atoms with Crippen LogP contribution in [-0.2, 0) is 4.79 Å². The lowest BCUT2D eigenvalue weighted by molar-refractivity contribution is -0.118. The number of hydrogen-bond acceptors (Lipinski definition) is 2. The van der Waals surface area contributed by atoms with E-state index in [1.54, 1.807) is 0 Å². The van der Waals surface area contributed by atoms with Crippen LogP contribution < -0.4 is 10.6 Å². The molecule has 0 saturated carbocycles. The van der Waals surface area contributed by atoms with Crippen LogP contribution in [0.15, 0.2) is 11.6 Å². The fourth-order valence-electron chi connectivity index (χ4n) is 1.41. The Bertz CT molecular complexity index is 205. The summed E-state index contributed by atoms with van der Waals surface area (Å²) in [5, 5.41) is 6.26. The van der Waals surface area contributed by atoms with Crippen molar-refractivity contribution in [2.45, 2.75) is 32.7 Å². The van der Waals surface area contributed by atoms with Crippen LogP contribution >= 0.6 is 0 Å². The van der Waals surface area contributed by atoms with Crippen molar-refractivity contribution >= 4 is 5.91 Å². The average Bonchev–Trinajstić information content (AvgIpc) is 2.18. The zero-order chi connectivity index (χ0) is 9.68. The van der Waals surface area contributed by atoms with Gasteiger partial charge in [0.2, 0.25) is 5.91 Å². The van der Waals surface area contributed by atoms with E-state index >= 15 is 0 Å². The first kappa shape index (κ1) is 10.3. The summed E-state index contributed by atoms with van der Waals surface area (Å²) in [5.41, 5.74) is 0.797. The molecular weight excluding hydrogens is 164 g/mol. The van der Waals surface area contributed by atoms with Gasteiger partial charge in [0, 0.05) is 18.2 Å². The molecule has 1 heterocycles. The molecule has 2 N–H and O–H groups in total. The van der Waals surface area contributed by atoms with Crippen molar-refractivity contribution < 1.29 is 4.79 Å². The molecule has 1 atom stereocenters. The molecular formula is C10H18N2O. The standard InChI is InChI=1S/C10H18N2O/c1-3-8(2)10(13)12-9-5-4-6-11-7-9/h3,9,11H,4-7H2,1-2H3,(H,12,13)/b8-3-/t9-/m0/s1. The van der Waals surface area contributed by atoms with Crippen molar-refractivity contribution in [3.63, 3.8) is 0 Å². The van der Waals surface area contributed by atoms with Crippen LogP contribution in [-0.4, -0.2) is 25.0 Å². The van der Waals surface area contributed by atoms with Crippen LogP contribution in [0.3, 0.4) is 0 Å². The van der Waals surface area contributed by atoms with Gasteiger partial charge in [-0.3, -0.25) is 4.79 Å². The van der Waals surface area contributed by atoms with Gasteiger partial charge in [-0.2, -0.15) is 0 Å². The summed E-state index contributed by atoms with van der Waals surface area (Å²) in [5.74, 6) is 0.0659. The van der Waals surface area contributed by atoms with Crippen LogP contribution in [0.25, 0.3) is 0 Å². The fourth-order valence-corrected chi connectivity index (χ4v) is 1.41. The summed E-state index contributed by atoms with van der Waals surface area (Å²) >= 11 is 0. The number of carbonyl (C=O) groups is 1. The Labute approximate surface area is 79.6 Å². The van der Waals surface area contributed by atoms with Gasteiger partial charge in [0.25, 0.3) is 0 Å². The molecule has 0 aliphatic carbocycles. The lowest BCUT2D eigenvalue weighted by Gasteiger charge is -2.23. The topological polar surface area (TPSA) is 41.1 Å². The molecule has 0 bridgehead atoms. The Kier molecular flexibility index (Phi) is 3.96. The first-order chi connectivity index (χ1) is 6.24. The van der Waals surface area contributed by atoms with Crippen molar-refractivity contribution in [1.29, 1.82) is 0 Å². The molecule has 1 fully saturated rings. The maximum absolute atomic E-state index is 11.4. The number of rotatable bonds is 2. The van der Waals surface area contributed by atoms with E-state index in [9.17, 15) is 4.79 Å². The minimum Gasteiger partial charge on any atom is -0.348 e. The molecule has 1 aliphatic rings. The van der Waals surface area contributed by atoms with Crippen LogP contribution in [0.2, 0.25) is 0 Å². The molecule has 3 heteroatoms. The number of nitrogens with one attached hydrogen (secondary N) is 2. The van der Waals surface area contributed by atoms with Gasteiger partial charge in [0.1, 0.15) is 0 Å². The van der Waals surface area contributed by atoms with Crippen molar-refractivity contribution in [3.8, 4) is 0 Å². The van der Waals surface area contributed by atoms with Crippen molar-refractivity contribution in [1.82, 2.24) is 10.6 Å². The predicted octanol–water partition coefficient (Wildman–Crippen LogP) is 0.821. The maximum Gasteiger partial charge on any atom is 0.246 e. The molecule has 0 unspecified atom stereocenters. The molecule has 1 aliphatic heterocycles. The molecule has 3 nitrogen and oxygen atoms in total. The Morgan fingerprint density at radius 3 is 2.92 bits per heavy atom. The molecule has 1 saturated heterocycles.